The number of hydrogen-bond donors (Lipinski definition) is 0. The van der Waals surface area contributed by atoms with Crippen molar-refractivity contribution in [3.05, 3.63) is 35.4 Å². The standard InChI is InChI=1S/C14H14O4S/c1-14(2)17-12(15)11(13(16)18-14)8-9-4-6-10(19-3)7-5-9/h4-8H,1-3H3. The lowest BCUT2D eigenvalue weighted by Gasteiger charge is -2.29. The molecule has 2 rings (SSSR count). The normalized spacial score (nSPS) is 17.7. The zero-order valence-electron chi connectivity index (χ0n) is 10.9. The van der Waals surface area contributed by atoms with E-state index < -0.39 is 17.7 Å². The Morgan fingerprint density at radius 2 is 1.58 bits per heavy atom. The SMILES string of the molecule is CSc1ccc(C=C2C(=O)OC(C)(C)OC2=O)cc1. The molecule has 1 fully saturated rings. The molecule has 1 aliphatic rings. The lowest BCUT2D eigenvalue weighted by molar-refractivity contribution is -0.222. The van der Waals surface area contributed by atoms with Crippen LogP contribution in [0.5, 0.6) is 0 Å². The maximum absolute atomic E-state index is 11.8. The van der Waals surface area contributed by atoms with Crippen molar-refractivity contribution in [3.63, 3.8) is 0 Å². The Hall–Kier alpha value is -1.75. The lowest BCUT2D eigenvalue weighted by atomic mass is 10.1. The zero-order chi connectivity index (χ0) is 14.0. The molecule has 0 aromatic heterocycles. The Kier molecular flexibility index (Phi) is 3.66. The van der Waals surface area contributed by atoms with Crippen LogP contribution in [0.1, 0.15) is 19.4 Å². The fourth-order valence-corrected chi connectivity index (χ4v) is 2.05. The molecule has 0 atom stereocenters. The minimum Gasteiger partial charge on any atom is -0.419 e. The van der Waals surface area contributed by atoms with Crippen LogP contribution in [0.2, 0.25) is 0 Å². The summed E-state index contributed by atoms with van der Waals surface area (Å²) in [5, 5.41) is 0. The molecule has 0 amide bonds. The van der Waals surface area contributed by atoms with Gasteiger partial charge in [-0.1, -0.05) is 12.1 Å². The first-order valence-electron chi connectivity index (χ1n) is 5.74. The maximum atomic E-state index is 11.8. The van der Waals surface area contributed by atoms with Crippen LogP contribution in [0.15, 0.2) is 34.7 Å². The van der Waals surface area contributed by atoms with Crippen molar-refractivity contribution < 1.29 is 19.1 Å². The van der Waals surface area contributed by atoms with E-state index >= 15 is 0 Å². The Balaban J connectivity index is 2.27. The number of cyclic esters (lactones) is 2. The average Bonchev–Trinajstić information content (AvgIpc) is 2.33. The third-order valence-electron chi connectivity index (χ3n) is 2.54. The second kappa shape index (κ2) is 5.09. The van der Waals surface area contributed by atoms with E-state index in [0.29, 0.717) is 0 Å². The maximum Gasteiger partial charge on any atom is 0.348 e. The number of hydrogen-bond acceptors (Lipinski definition) is 5. The van der Waals surface area contributed by atoms with Crippen molar-refractivity contribution in [1.82, 2.24) is 0 Å². The number of carbonyl (C=O) groups is 2. The number of rotatable bonds is 2. The fraction of sp³-hybridized carbons (Fsp3) is 0.286. The number of thioether (sulfide) groups is 1. The molecule has 0 N–H and O–H groups in total. The topological polar surface area (TPSA) is 52.6 Å². The van der Waals surface area contributed by atoms with Gasteiger partial charge in [-0.2, -0.15) is 0 Å². The molecule has 0 saturated carbocycles. The molecular formula is C14H14O4S. The Morgan fingerprint density at radius 3 is 2.05 bits per heavy atom. The van der Waals surface area contributed by atoms with Gasteiger partial charge in [0.2, 0.25) is 0 Å². The van der Waals surface area contributed by atoms with E-state index in [9.17, 15) is 9.59 Å². The molecule has 0 unspecified atom stereocenters. The molecule has 1 aromatic rings. The summed E-state index contributed by atoms with van der Waals surface area (Å²) in [6, 6.07) is 7.50. The summed E-state index contributed by atoms with van der Waals surface area (Å²) < 4.78 is 10.0. The zero-order valence-corrected chi connectivity index (χ0v) is 11.7. The summed E-state index contributed by atoms with van der Waals surface area (Å²) in [5.41, 5.74) is 0.664. The number of benzene rings is 1. The van der Waals surface area contributed by atoms with Crippen molar-refractivity contribution in [3.8, 4) is 0 Å². The van der Waals surface area contributed by atoms with Crippen LogP contribution in [-0.4, -0.2) is 24.0 Å². The highest BCUT2D eigenvalue weighted by Crippen LogP contribution is 2.24. The van der Waals surface area contributed by atoms with Crippen LogP contribution in [0.25, 0.3) is 6.08 Å². The first-order valence-corrected chi connectivity index (χ1v) is 6.96. The highest BCUT2D eigenvalue weighted by Gasteiger charge is 2.38. The average molecular weight is 278 g/mol. The molecule has 1 heterocycles. The predicted octanol–water partition coefficient (Wildman–Crippen LogP) is 2.63. The minimum absolute atomic E-state index is 0.0868. The molecular weight excluding hydrogens is 264 g/mol. The van der Waals surface area contributed by atoms with Crippen molar-refractivity contribution in [2.24, 2.45) is 0 Å². The lowest BCUT2D eigenvalue weighted by Crippen LogP contribution is -2.41. The van der Waals surface area contributed by atoms with Crippen molar-refractivity contribution in [2.45, 2.75) is 24.5 Å². The number of ether oxygens (including phenoxy) is 2. The molecule has 1 aliphatic heterocycles. The van der Waals surface area contributed by atoms with Gasteiger partial charge in [-0.15, -0.1) is 11.8 Å². The summed E-state index contributed by atoms with van der Waals surface area (Å²) in [7, 11) is 0. The Labute approximate surface area is 115 Å². The molecule has 100 valence electrons. The van der Waals surface area contributed by atoms with E-state index in [1.165, 1.54) is 19.9 Å². The van der Waals surface area contributed by atoms with E-state index in [-0.39, 0.29) is 5.57 Å². The van der Waals surface area contributed by atoms with Gasteiger partial charge in [0.15, 0.2) is 0 Å². The smallest absolute Gasteiger partial charge is 0.348 e. The third kappa shape index (κ3) is 3.17. The summed E-state index contributed by atoms with van der Waals surface area (Å²) in [4.78, 5) is 24.6. The van der Waals surface area contributed by atoms with Crippen LogP contribution in [0.4, 0.5) is 0 Å². The molecule has 19 heavy (non-hydrogen) atoms. The summed E-state index contributed by atoms with van der Waals surface area (Å²) in [5.74, 6) is -2.51. The molecule has 1 saturated heterocycles. The van der Waals surface area contributed by atoms with E-state index in [1.807, 2.05) is 30.5 Å². The van der Waals surface area contributed by atoms with Gasteiger partial charge in [-0.3, -0.25) is 0 Å². The minimum atomic E-state index is -1.20. The second-order valence-corrected chi connectivity index (χ2v) is 5.39. The van der Waals surface area contributed by atoms with Gasteiger partial charge in [0.05, 0.1) is 0 Å². The highest BCUT2D eigenvalue weighted by atomic mass is 32.2. The Bertz CT molecular complexity index is 521. The van der Waals surface area contributed by atoms with E-state index in [4.69, 9.17) is 9.47 Å². The van der Waals surface area contributed by atoms with E-state index in [1.54, 1.807) is 11.8 Å². The van der Waals surface area contributed by atoms with Gasteiger partial charge >= 0.3 is 11.9 Å². The second-order valence-electron chi connectivity index (χ2n) is 4.51. The molecule has 5 heteroatoms. The first-order chi connectivity index (χ1) is 8.91. The van der Waals surface area contributed by atoms with Crippen molar-refractivity contribution in [2.75, 3.05) is 6.26 Å². The Morgan fingerprint density at radius 1 is 1.05 bits per heavy atom. The van der Waals surface area contributed by atoms with Crippen molar-refractivity contribution >= 4 is 29.8 Å². The summed E-state index contributed by atoms with van der Waals surface area (Å²) >= 11 is 1.62. The van der Waals surface area contributed by atoms with Gasteiger partial charge < -0.3 is 9.47 Å². The molecule has 4 nitrogen and oxygen atoms in total. The number of esters is 2. The third-order valence-corrected chi connectivity index (χ3v) is 3.29. The first kappa shape index (κ1) is 13.7. The molecule has 0 bridgehead atoms. The van der Waals surface area contributed by atoms with Crippen molar-refractivity contribution in [1.29, 1.82) is 0 Å². The quantitative estimate of drug-likeness (QED) is 0.360. The molecule has 0 spiro atoms. The number of carbonyl (C=O) groups excluding carboxylic acids is 2. The van der Waals surface area contributed by atoms with Gasteiger partial charge in [-0.05, 0) is 30.0 Å². The van der Waals surface area contributed by atoms with Gasteiger partial charge in [-0.25, -0.2) is 9.59 Å². The molecule has 0 aliphatic carbocycles. The molecule has 0 radical (unpaired) electrons. The van der Waals surface area contributed by atoms with E-state index in [0.717, 1.165) is 10.5 Å². The van der Waals surface area contributed by atoms with Crippen LogP contribution in [0.3, 0.4) is 0 Å². The largest absolute Gasteiger partial charge is 0.419 e. The van der Waals surface area contributed by atoms with Gasteiger partial charge in [0, 0.05) is 18.7 Å². The summed E-state index contributed by atoms with van der Waals surface area (Å²) in [6.07, 6.45) is 3.45. The monoisotopic (exact) mass is 278 g/mol. The van der Waals surface area contributed by atoms with Crippen LogP contribution in [0, 0.1) is 0 Å². The van der Waals surface area contributed by atoms with Gasteiger partial charge in [0.25, 0.3) is 5.79 Å². The van der Waals surface area contributed by atoms with Crippen LogP contribution >= 0.6 is 11.8 Å². The predicted molar refractivity (Wildman–Crippen MR) is 72.5 cm³/mol. The van der Waals surface area contributed by atoms with Gasteiger partial charge in [0.1, 0.15) is 5.57 Å². The van der Waals surface area contributed by atoms with Crippen LogP contribution < -0.4 is 0 Å². The highest BCUT2D eigenvalue weighted by molar-refractivity contribution is 7.98. The van der Waals surface area contributed by atoms with E-state index in [2.05, 4.69) is 0 Å². The summed E-state index contributed by atoms with van der Waals surface area (Å²) in [6.45, 7) is 3.04. The fourth-order valence-electron chi connectivity index (χ4n) is 1.65. The van der Waals surface area contributed by atoms with Crippen LogP contribution in [-0.2, 0) is 19.1 Å². The molecule has 1 aromatic carbocycles.